The predicted molar refractivity (Wildman–Crippen MR) is 80.2 cm³/mol. The Kier molecular flexibility index (Phi) is 5.67. The van der Waals surface area contributed by atoms with E-state index >= 15 is 0 Å². The Morgan fingerprint density at radius 2 is 2.00 bits per heavy atom. The van der Waals surface area contributed by atoms with Crippen molar-refractivity contribution in [1.82, 2.24) is 10.2 Å². The molecule has 1 saturated carbocycles. The Morgan fingerprint density at radius 3 is 2.68 bits per heavy atom. The van der Waals surface area contributed by atoms with Gasteiger partial charge in [-0.05, 0) is 56.5 Å². The fraction of sp³-hybridized carbons (Fsp3) is 1.00. The summed E-state index contributed by atoms with van der Waals surface area (Å²) in [5, 5.41) is 13.3. The molecule has 0 aromatic carbocycles. The molecule has 3 heteroatoms. The van der Waals surface area contributed by atoms with E-state index in [0.717, 1.165) is 18.4 Å². The summed E-state index contributed by atoms with van der Waals surface area (Å²) in [6.45, 7) is 10.7. The van der Waals surface area contributed by atoms with Gasteiger partial charge in [0.1, 0.15) is 0 Å². The summed E-state index contributed by atoms with van der Waals surface area (Å²) < 4.78 is 0. The van der Waals surface area contributed by atoms with Crippen molar-refractivity contribution in [2.45, 2.75) is 58.5 Å². The maximum atomic E-state index is 9.60. The molecule has 0 radical (unpaired) electrons. The second-order valence-corrected chi connectivity index (χ2v) is 6.85. The molecule has 0 aromatic rings. The summed E-state index contributed by atoms with van der Waals surface area (Å²) in [6, 6.07) is 1.09. The van der Waals surface area contributed by atoms with Gasteiger partial charge in [0, 0.05) is 18.6 Å². The van der Waals surface area contributed by atoms with E-state index in [1.165, 1.54) is 38.8 Å². The lowest BCUT2D eigenvalue weighted by atomic mass is 9.78. The number of nitrogens with zero attached hydrogens (tertiary/aromatic N) is 1. The number of nitrogens with one attached hydrogen (secondary N) is 1. The normalized spacial score (nSPS) is 40.7. The van der Waals surface area contributed by atoms with Gasteiger partial charge in [0.2, 0.25) is 0 Å². The molecule has 5 atom stereocenters. The van der Waals surface area contributed by atoms with E-state index in [-0.39, 0.29) is 0 Å². The summed E-state index contributed by atoms with van der Waals surface area (Å²) in [6.07, 6.45) is 5.29. The summed E-state index contributed by atoms with van der Waals surface area (Å²) in [5.41, 5.74) is 0. The van der Waals surface area contributed by atoms with Crippen molar-refractivity contribution in [3.05, 3.63) is 0 Å². The number of aliphatic hydroxyl groups excluding tert-OH is 1. The van der Waals surface area contributed by atoms with Crippen molar-refractivity contribution in [1.29, 1.82) is 0 Å². The first kappa shape index (κ1) is 15.3. The van der Waals surface area contributed by atoms with Gasteiger partial charge in [-0.2, -0.15) is 0 Å². The highest BCUT2D eigenvalue weighted by atomic mass is 16.3. The summed E-state index contributed by atoms with van der Waals surface area (Å²) in [7, 11) is 0. The quantitative estimate of drug-likeness (QED) is 0.801. The molecule has 1 heterocycles. The molecular formula is C16H32N2O. The molecule has 1 aliphatic heterocycles. The zero-order chi connectivity index (χ0) is 13.8. The van der Waals surface area contributed by atoms with E-state index in [9.17, 15) is 5.11 Å². The van der Waals surface area contributed by atoms with Gasteiger partial charge in [0.05, 0.1) is 6.61 Å². The minimum Gasteiger partial charge on any atom is -0.395 e. The van der Waals surface area contributed by atoms with E-state index in [4.69, 9.17) is 0 Å². The lowest BCUT2D eigenvalue weighted by Crippen LogP contribution is -2.47. The van der Waals surface area contributed by atoms with Crippen molar-refractivity contribution in [2.24, 2.45) is 17.8 Å². The van der Waals surface area contributed by atoms with Crippen LogP contribution in [-0.2, 0) is 0 Å². The molecule has 2 N–H and O–H groups in total. The van der Waals surface area contributed by atoms with Crippen molar-refractivity contribution in [3.63, 3.8) is 0 Å². The lowest BCUT2D eigenvalue weighted by Gasteiger charge is -2.39. The van der Waals surface area contributed by atoms with Crippen molar-refractivity contribution in [2.75, 3.05) is 26.2 Å². The Labute approximate surface area is 118 Å². The third-order valence-corrected chi connectivity index (χ3v) is 5.36. The fourth-order valence-electron chi connectivity index (χ4n) is 4.14. The number of aliphatic hydroxyl groups is 1. The van der Waals surface area contributed by atoms with Gasteiger partial charge in [-0.15, -0.1) is 0 Å². The molecule has 5 unspecified atom stereocenters. The first-order valence-corrected chi connectivity index (χ1v) is 8.24. The molecule has 0 aromatic heterocycles. The molecule has 2 aliphatic rings. The van der Waals surface area contributed by atoms with Crippen LogP contribution in [-0.4, -0.2) is 48.3 Å². The molecule has 19 heavy (non-hydrogen) atoms. The number of hydrogen-bond acceptors (Lipinski definition) is 3. The van der Waals surface area contributed by atoms with Crippen molar-refractivity contribution in [3.8, 4) is 0 Å². The zero-order valence-corrected chi connectivity index (χ0v) is 12.9. The molecule has 0 spiro atoms. The fourth-order valence-corrected chi connectivity index (χ4v) is 4.14. The number of likely N-dealkylation sites (tertiary alicyclic amines) is 1. The van der Waals surface area contributed by atoms with Crippen LogP contribution in [0.2, 0.25) is 0 Å². The molecular weight excluding hydrogens is 236 g/mol. The summed E-state index contributed by atoms with van der Waals surface area (Å²) in [4.78, 5) is 2.55. The standard InChI is InChI=1S/C16H32N2O/c1-4-17-15-6-5-12(2)9-14(15)10-18-8-7-13(3)16(18)11-19/h12-17,19H,4-11H2,1-3H3. The first-order valence-electron chi connectivity index (χ1n) is 8.24. The SMILES string of the molecule is CCNC1CCC(C)CC1CN1CCC(C)C1CO. The van der Waals surface area contributed by atoms with Crippen LogP contribution in [0.4, 0.5) is 0 Å². The molecule has 0 bridgehead atoms. The minimum atomic E-state index is 0.329. The van der Waals surface area contributed by atoms with Crippen LogP contribution in [0.5, 0.6) is 0 Å². The van der Waals surface area contributed by atoms with Gasteiger partial charge in [-0.1, -0.05) is 20.8 Å². The van der Waals surface area contributed by atoms with Crippen molar-refractivity contribution < 1.29 is 5.11 Å². The highest BCUT2D eigenvalue weighted by Crippen LogP contribution is 2.32. The molecule has 2 fully saturated rings. The summed E-state index contributed by atoms with van der Waals surface area (Å²) >= 11 is 0. The third-order valence-electron chi connectivity index (χ3n) is 5.36. The third kappa shape index (κ3) is 3.71. The average molecular weight is 268 g/mol. The Bertz CT molecular complexity index is 271. The average Bonchev–Trinajstić information content (AvgIpc) is 2.73. The predicted octanol–water partition coefficient (Wildman–Crippen LogP) is 2.10. The topological polar surface area (TPSA) is 35.5 Å². The van der Waals surface area contributed by atoms with Crippen LogP contribution in [0.3, 0.4) is 0 Å². The highest BCUT2D eigenvalue weighted by molar-refractivity contribution is 4.90. The smallest absolute Gasteiger partial charge is 0.0589 e. The van der Waals surface area contributed by atoms with Gasteiger partial charge >= 0.3 is 0 Å². The van der Waals surface area contributed by atoms with E-state index < -0.39 is 0 Å². The largest absolute Gasteiger partial charge is 0.395 e. The highest BCUT2D eigenvalue weighted by Gasteiger charge is 2.35. The number of hydrogen-bond donors (Lipinski definition) is 2. The summed E-state index contributed by atoms with van der Waals surface area (Å²) in [5.74, 6) is 2.29. The Morgan fingerprint density at radius 1 is 1.21 bits per heavy atom. The maximum Gasteiger partial charge on any atom is 0.0589 e. The van der Waals surface area contributed by atoms with E-state index in [2.05, 4.69) is 31.0 Å². The molecule has 0 amide bonds. The van der Waals surface area contributed by atoms with Crippen molar-refractivity contribution >= 4 is 0 Å². The Balaban J connectivity index is 1.94. The van der Waals surface area contributed by atoms with Crippen LogP contribution < -0.4 is 5.32 Å². The molecule has 1 aliphatic carbocycles. The molecule has 1 saturated heterocycles. The van der Waals surface area contributed by atoms with E-state index in [0.29, 0.717) is 24.6 Å². The second kappa shape index (κ2) is 7.05. The van der Waals surface area contributed by atoms with Crippen LogP contribution >= 0.6 is 0 Å². The molecule has 3 nitrogen and oxygen atoms in total. The second-order valence-electron chi connectivity index (χ2n) is 6.85. The molecule has 2 rings (SSSR count). The minimum absolute atomic E-state index is 0.329. The Hall–Kier alpha value is -0.120. The van der Waals surface area contributed by atoms with Gasteiger partial charge in [0.25, 0.3) is 0 Å². The zero-order valence-electron chi connectivity index (χ0n) is 12.9. The van der Waals surface area contributed by atoms with Crippen LogP contribution in [0.1, 0.15) is 46.5 Å². The van der Waals surface area contributed by atoms with Gasteiger partial charge < -0.3 is 10.4 Å². The first-order chi connectivity index (χ1) is 9.15. The monoisotopic (exact) mass is 268 g/mol. The van der Waals surface area contributed by atoms with E-state index in [1.807, 2.05) is 0 Å². The van der Waals surface area contributed by atoms with Gasteiger partial charge in [-0.3, -0.25) is 4.90 Å². The van der Waals surface area contributed by atoms with Crippen LogP contribution in [0, 0.1) is 17.8 Å². The number of rotatable bonds is 5. The van der Waals surface area contributed by atoms with Gasteiger partial charge in [-0.25, -0.2) is 0 Å². The van der Waals surface area contributed by atoms with E-state index in [1.54, 1.807) is 0 Å². The molecule has 112 valence electrons. The lowest BCUT2D eigenvalue weighted by molar-refractivity contribution is 0.0959. The maximum absolute atomic E-state index is 9.60. The van der Waals surface area contributed by atoms with Gasteiger partial charge in [0.15, 0.2) is 0 Å². The van der Waals surface area contributed by atoms with Crippen LogP contribution in [0.25, 0.3) is 0 Å². The van der Waals surface area contributed by atoms with Crippen LogP contribution in [0.15, 0.2) is 0 Å².